The van der Waals surface area contributed by atoms with Crippen molar-refractivity contribution in [1.29, 1.82) is 0 Å². The third-order valence-corrected chi connectivity index (χ3v) is 4.11. The topological polar surface area (TPSA) is 56.1 Å². The van der Waals surface area contributed by atoms with E-state index < -0.39 is 0 Å². The van der Waals surface area contributed by atoms with Gasteiger partial charge in [0.15, 0.2) is 0 Å². The van der Waals surface area contributed by atoms with Crippen molar-refractivity contribution < 1.29 is 9.53 Å². The summed E-state index contributed by atoms with van der Waals surface area (Å²) in [4.78, 5) is 12.6. The summed E-state index contributed by atoms with van der Waals surface area (Å²) in [5.41, 5.74) is 2.54. The average Bonchev–Trinajstić information content (AvgIpc) is 3.22. The van der Waals surface area contributed by atoms with Gasteiger partial charge in [-0.05, 0) is 30.9 Å². The lowest BCUT2D eigenvalue weighted by Crippen LogP contribution is -2.32. The minimum Gasteiger partial charge on any atom is -0.376 e. The van der Waals surface area contributed by atoms with E-state index in [0.717, 1.165) is 30.8 Å². The number of amides is 1. The minimum absolute atomic E-state index is 0.0774. The number of hydrogen-bond donors (Lipinski definition) is 1. The van der Waals surface area contributed by atoms with Crippen LogP contribution in [0, 0.1) is 0 Å². The van der Waals surface area contributed by atoms with Crippen molar-refractivity contribution >= 4 is 5.91 Å². The zero-order valence-electron chi connectivity index (χ0n) is 13.7. The number of nitrogens with one attached hydrogen (secondary N) is 1. The van der Waals surface area contributed by atoms with E-state index in [-0.39, 0.29) is 17.9 Å². The van der Waals surface area contributed by atoms with Crippen LogP contribution in [0.1, 0.15) is 48.7 Å². The lowest BCUT2D eigenvalue weighted by atomic mass is 10.0. The number of carbonyl (C=O) groups is 1. The molecule has 1 atom stereocenters. The predicted molar refractivity (Wildman–Crippen MR) is 89.0 cm³/mol. The second kappa shape index (κ2) is 6.96. The maximum absolute atomic E-state index is 12.6. The van der Waals surface area contributed by atoms with Crippen molar-refractivity contribution in [3.8, 4) is 5.69 Å². The Hall–Kier alpha value is -2.14. The second-order valence-electron chi connectivity index (χ2n) is 6.19. The summed E-state index contributed by atoms with van der Waals surface area (Å²) >= 11 is 0. The van der Waals surface area contributed by atoms with Gasteiger partial charge < -0.3 is 10.1 Å². The number of para-hydroxylation sites is 1. The highest BCUT2D eigenvalue weighted by molar-refractivity contribution is 5.95. The maximum atomic E-state index is 12.6. The molecule has 1 aliphatic heterocycles. The molecule has 1 amide bonds. The molecule has 1 saturated heterocycles. The van der Waals surface area contributed by atoms with Crippen molar-refractivity contribution in [2.24, 2.45) is 0 Å². The van der Waals surface area contributed by atoms with Crippen LogP contribution in [0.5, 0.6) is 0 Å². The summed E-state index contributed by atoms with van der Waals surface area (Å²) < 4.78 is 7.41. The molecule has 1 N–H and O–H groups in total. The van der Waals surface area contributed by atoms with E-state index in [4.69, 9.17) is 4.74 Å². The maximum Gasteiger partial charge on any atom is 0.254 e. The van der Waals surface area contributed by atoms with Gasteiger partial charge in [0.25, 0.3) is 5.91 Å². The van der Waals surface area contributed by atoms with E-state index in [0.29, 0.717) is 12.1 Å². The Morgan fingerprint density at radius 2 is 2.17 bits per heavy atom. The molecule has 0 bridgehead atoms. The van der Waals surface area contributed by atoms with Gasteiger partial charge in [-0.15, -0.1) is 0 Å². The van der Waals surface area contributed by atoms with Crippen molar-refractivity contribution in [2.75, 3.05) is 13.2 Å². The highest BCUT2D eigenvalue weighted by Gasteiger charge is 2.22. The van der Waals surface area contributed by atoms with E-state index in [1.54, 1.807) is 6.20 Å². The molecule has 2 heterocycles. The first-order chi connectivity index (χ1) is 11.2. The van der Waals surface area contributed by atoms with Crippen molar-refractivity contribution in [2.45, 2.75) is 38.7 Å². The van der Waals surface area contributed by atoms with Gasteiger partial charge in [-0.2, -0.15) is 5.10 Å². The molecular weight excluding hydrogens is 290 g/mol. The molecule has 1 aromatic heterocycles. The zero-order valence-corrected chi connectivity index (χ0v) is 13.7. The number of aromatic nitrogens is 2. The second-order valence-corrected chi connectivity index (χ2v) is 6.19. The Morgan fingerprint density at radius 1 is 1.39 bits per heavy atom. The van der Waals surface area contributed by atoms with Gasteiger partial charge in [-0.3, -0.25) is 4.79 Å². The van der Waals surface area contributed by atoms with Crippen LogP contribution in [0.4, 0.5) is 0 Å². The Morgan fingerprint density at radius 3 is 2.83 bits per heavy atom. The van der Waals surface area contributed by atoms with Crippen LogP contribution in [-0.4, -0.2) is 34.9 Å². The van der Waals surface area contributed by atoms with Crippen LogP contribution < -0.4 is 5.32 Å². The Bertz CT molecular complexity index is 658. The van der Waals surface area contributed by atoms with E-state index in [1.807, 2.05) is 35.0 Å². The largest absolute Gasteiger partial charge is 0.376 e. The molecule has 23 heavy (non-hydrogen) atoms. The Balaban J connectivity index is 1.81. The van der Waals surface area contributed by atoms with Crippen LogP contribution >= 0.6 is 0 Å². The van der Waals surface area contributed by atoms with Gasteiger partial charge in [0.2, 0.25) is 0 Å². The quantitative estimate of drug-likeness (QED) is 0.923. The molecule has 5 heteroatoms. The lowest BCUT2D eigenvalue weighted by molar-refractivity contribution is 0.0856. The Kier molecular flexibility index (Phi) is 4.76. The zero-order chi connectivity index (χ0) is 16.2. The standard InChI is InChI=1S/C18H23N3O2/c1-13(2)17-16(18(22)19-11-15-9-6-10-23-15)12-20-21(17)14-7-4-3-5-8-14/h3-5,7-8,12-13,15H,6,9-11H2,1-2H3,(H,19,22)/t15-/m0/s1. The summed E-state index contributed by atoms with van der Waals surface area (Å²) in [6, 6.07) is 9.90. The molecule has 0 unspecified atom stereocenters. The molecule has 2 aromatic rings. The number of rotatable bonds is 5. The van der Waals surface area contributed by atoms with E-state index in [9.17, 15) is 4.79 Å². The highest BCUT2D eigenvalue weighted by Crippen LogP contribution is 2.23. The van der Waals surface area contributed by atoms with Gasteiger partial charge in [-0.25, -0.2) is 4.68 Å². The van der Waals surface area contributed by atoms with Gasteiger partial charge in [-0.1, -0.05) is 32.0 Å². The first-order valence-corrected chi connectivity index (χ1v) is 8.20. The summed E-state index contributed by atoms with van der Waals surface area (Å²) in [7, 11) is 0. The summed E-state index contributed by atoms with van der Waals surface area (Å²) in [5, 5.41) is 7.42. The average molecular weight is 313 g/mol. The van der Waals surface area contributed by atoms with E-state index in [1.165, 1.54) is 0 Å². The molecule has 0 spiro atoms. The SMILES string of the molecule is CC(C)c1c(C(=O)NC[C@@H]2CCCO2)cnn1-c1ccccc1. The number of ether oxygens (including phenoxy) is 1. The smallest absolute Gasteiger partial charge is 0.254 e. The fourth-order valence-electron chi connectivity index (χ4n) is 2.97. The van der Waals surface area contributed by atoms with Gasteiger partial charge >= 0.3 is 0 Å². The molecule has 122 valence electrons. The van der Waals surface area contributed by atoms with Crippen LogP contribution in [-0.2, 0) is 4.74 Å². The van der Waals surface area contributed by atoms with Crippen LogP contribution in [0.25, 0.3) is 5.69 Å². The fraction of sp³-hybridized carbons (Fsp3) is 0.444. The number of carbonyl (C=O) groups excluding carboxylic acids is 1. The molecule has 5 nitrogen and oxygen atoms in total. The molecule has 1 fully saturated rings. The van der Waals surface area contributed by atoms with Crippen molar-refractivity contribution in [1.82, 2.24) is 15.1 Å². The minimum atomic E-state index is -0.0774. The van der Waals surface area contributed by atoms with Crippen LogP contribution in [0.2, 0.25) is 0 Å². The number of hydrogen-bond acceptors (Lipinski definition) is 3. The van der Waals surface area contributed by atoms with Crippen molar-refractivity contribution in [3.05, 3.63) is 47.8 Å². The molecule has 1 aromatic carbocycles. The molecular formula is C18H23N3O2. The lowest BCUT2D eigenvalue weighted by Gasteiger charge is -2.14. The first kappa shape index (κ1) is 15.7. The van der Waals surface area contributed by atoms with Crippen LogP contribution in [0.3, 0.4) is 0 Å². The molecule has 3 rings (SSSR count). The molecule has 0 radical (unpaired) electrons. The number of nitrogens with zero attached hydrogens (tertiary/aromatic N) is 2. The first-order valence-electron chi connectivity index (χ1n) is 8.20. The summed E-state index contributed by atoms with van der Waals surface area (Å²) in [6.45, 7) is 5.51. The van der Waals surface area contributed by atoms with Gasteiger partial charge in [0.1, 0.15) is 0 Å². The molecule has 0 saturated carbocycles. The normalized spacial score (nSPS) is 17.6. The fourth-order valence-corrected chi connectivity index (χ4v) is 2.97. The third kappa shape index (κ3) is 3.45. The van der Waals surface area contributed by atoms with Gasteiger partial charge in [0, 0.05) is 13.2 Å². The summed E-state index contributed by atoms with van der Waals surface area (Å²) in [5.74, 6) is 0.118. The monoisotopic (exact) mass is 313 g/mol. The predicted octanol–water partition coefficient (Wildman–Crippen LogP) is 2.90. The van der Waals surface area contributed by atoms with Crippen LogP contribution in [0.15, 0.2) is 36.5 Å². The Labute approximate surface area is 136 Å². The van der Waals surface area contributed by atoms with Crippen molar-refractivity contribution in [3.63, 3.8) is 0 Å². The number of benzene rings is 1. The van der Waals surface area contributed by atoms with E-state index in [2.05, 4.69) is 24.3 Å². The third-order valence-electron chi connectivity index (χ3n) is 4.11. The highest BCUT2D eigenvalue weighted by atomic mass is 16.5. The molecule has 0 aliphatic carbocycles. The van der Waals surface area contributed by atoms with Gasteiger partial charge in [0.05, 0.1) is 29.2 Å². The summed E-state index contributed by atoms with van der Waals surface area (Å²) in [6.07, 6.45) is 3.89. The van der Waals surface area contributed by atoms with E-state index >= 15 is 0 Å². The molecule has 1 aliphatic rings.